The number of non-ortho nitro benzene ring substituents is 1. The third-order valence-corrected chi connectivity index (χ3v) is 10.4. The van der Waals surface area contributed by atoms with Gasteiger partial charge in [0, 0.05) is 31.1 Å². The van der Waals surface area contributed by atoms with Crippen molar-refractivity contribution in [3.63, 3.8) is 0 Å². The molecular formula is C37H40N4O7S. The number of methoxy groups -OCH3 is 1. The van der Waals surface area contributed by atoms with Crippen LogP contribution in [0.2, 0.25) is 0 Å². The van der Waals surface area contributed by atoms with Crippen molar-refractivity contribution < 1.29 is 27.7 Å². The highest BCUT2D eigenvalue weighted by Crippen LogP contribution is 2.28. The first-order chi connectivity index (χ1) is 23.7. The number of nitrogens with one attached hydrogen (secondary N) is 1. The summed E-state index contributed by atoms with van der Waals surface area (Å²) in [4.78, 5) is 41.3. The topological polar surface area (TPSA) is 139 Å². The van der Waals surface area contributed by atoms with Crippen LogP contribution in [0.15, 0.2) is 114 Å². The number of rotatable bonds is 14. The number of ether oxygens (including phenoxy) is 1. The molecule has 5 rings (SSSR count). The van der Waals surface area contributed by atoms with Gasteiger partial charge in [-0.25, -0.2) is 8.42 Å². The van der Waals surface area contributed by atoms with E-state index >= 15 is 0 Å². The molecule has 1 N–H and O–H groups in total. The molecule has 0 radical (unpaired) electrons. The standard InChI is InChI=1S/C37H40N4O7S/c1-48-33-20-11-15-29(23-33)26-39(35(24-28-13-5-2-6-14-28)37(43)38-30-16-7-3-8-17-30)36(42)27-40(31-18-12-19-32(25-31)41(44)45)49(46,47)34-21-9-4-10-22-34/h2,4-6,9-15,18-23,25,30,35H,3,7-8,16-17,24,26-27H2,1H3,(H,38,43)/t35-/m0/s1. The fourth-order valence-corrected chi connectivity index (χ4v) is 7.50. The van der Waals surface area contributed by atoms with E-state index in [1.165, 1.54) is 42.3 Å². The fourth-order valence-electron chi connectivity index (χ4n) is 6.08. The number of amides is 2. The summed E-state index contributed by atoms with van der Waals surface area (Å²) in [5.41, 5.74) is 1.10. The van der Waals surface area contributed by atoms with E-state index < -0.39 is 33.4 Å². The molecule has 1 atom stereocenters. The smallest absolute Gasteiger partial charge is 0.271 e. The fraction of sp³-hybridized carbons (Fsp3) is 0.297. The Labute approximate surface area is 286 Å². The van der Waals surface area contributed by atoms with E-state index in [0.717, 1.165) is 48.0 Å². The lowest BCUT2D eigenvalue weighted by Gasteiger charge is -2.35. The SMILES string of the molecule is COc1cccc(CN(C(=O)CN(c2cccc([N+](=O)[O-])c2)S(=O)(=O)c2ccccc2)[C@@H](Cc2ccccc2)C(=O)NC2CCCCC2)c1. The molecule has 1 fully saturated rings. The highest BCUT2D eigenvalue weighted by molar-refractivity contribution is 7.92. The molecule has 256 valence electrons. The lowest BCUT2D eigenvalue weighted by Crippen LogP contribution is -2.55. The molecule has 4 aromatic rings. The van der Waals surface area contributed by atoms with Gasteiger partial charge >= 0.3 is 0 Å². The number of sulfonamides is 1. The zero-order chi connectivity index (χ0) is 34.8. The molecule has 0 saturated heterocycles. The molecule has 4 aromatic carbocycles. The van der Waals surface area contributed by atoms with Crippen LogP contribution in [0.1, 0.15) is 43.2 Å². The van der Waals surface area contributed by atoms with Crippen LogP contribution < -0.4 is 14.4 Å². The first kappa shape index (κ1) is 35.1. The van der Waals surface area contributed by atoms with E-state index in [2.05, 4.69) is 5.32 Å². The van der Waals surface area contributed by atoms with Crippen LogP contribution in [0.4, 0.5) is 11.4 Å². The Hall–Kier alpha value is -5.23. The molecule has 0 heterocycles. The minimum atomic E-state index is -4.39. The largest absolute Gasteiger partial charge is 0.497 e. The van der Waals surface area contributed by atoms with Crippen molar-refractivity contribution >= 4 is 33.2 Å². The maximum absolute atomic E-state index is 14.7. The second-order valence-electron chi connectivity index (χ2n) is 12.0. The maximum atomic E-state index is 14.7. The number of hydrogen-bond acceptors (Lipinski definition) is 7. The van der Waals surface area contributed by atoms with Crippen molar-refractivity contribution in [1.29, 1.82) is 0 Å². The molecule has 0 aliphatic heterocycles. The summed E-state index contributed by atoms with van der Waals surface area (Å²) >= 11 is 0. The van der Waals surface area contributed by atoms with Gasteiger partial charge in [-0.05, 0) is 54.3 Å². The van der Waals surface area contributed by atoms with Gasteiger partial charge in [0.2, 0.25) is 11.8 Å². The Morgan fingerprint density at radius 2 is 1.53 bits per heavy atom. The van der Waals surface area contributed by atoms with Crippen molar-refractivity contribution in [3.8, 4) is 5.75 Å². The summed E-state index contributed by atoms with van der Waals surface area (Å²) < 4.78 is 34.6. The third-order valence-electron chi connectivity index (χ3n) is 8.65. The Morgan fingerprint density at radius 3 is 2.20 bits per heavy atom. The predicted octanol–water partition coefficient (Wildman–Crippen LogP) is 5.89. The van der Waals surface area contributed by atoms with Crippen LogP contribution in [-0.2, 0) is 32.6 Å². The van der Waals surface area contributed by atoms with Gasteiger partial charge in [0.05, 0.1) is 22.6 Å². The lowest BCUT2D eigenvalue weighted by molar-refractivity contribution is -0.384. The van der Waals surface area contributed by atoms with Crippen molar-refractivity contribution in [2.75, 3.05) is 18.0 Å². The van der Waals surface area contributed by atoms with Gasteiger partial charge in [-0.1, -0.05) is 86.0 Å². The van der Waals surface area contributed by atoms with Gasteiger partial charge in [0.25, 0.3) is 15.7 Å². The van der Waals surface area contributed by atoms with Crippen LogP contribution in [0.5, 0.6) is 5.75 Å². The molecule has 1 aliphatic rings. The van der Waals surface area contributed by atoms with Crippen LogP contribution in [-0.4, -0.2) is 55.8 Å². The van der Waals surface area contributed by atoms with Gasteiger partial charge in [-0.15, -0.1) is 0 Å². The van der Waals surface area contributed by atoms with Crippen LogP contribution >= 0.6 is 0 Å². The van der Waals surface area contributed by atoms with Gasteiger partial charge in [-0.3, -0.25) is 24.0 Å². The van der Waals surface area contributed by atoms with Crippen molar-refractivity contribution in [3.05, 3.63) is 130 Å². The second-order valence-corrected chi connectivity index (χ2v) is 13.9. The second kappa shape index (κ2) is 16.2. The van der Waals surface area contributed by atoms with Gasteiger partial charge in [0.15, 0.2) is 0 Å². The molecule has 1 aliphatic carbocycles. The molecule has 1 saturated carbocycles. The van der Waals surface area contributed by atoms with Crippen LogP contribution in [0.3, 0.4) is 0 Å². The number of nitro groups is 1. The number of carbonyl (C=O) groups excluding carboxylic acids is 2. The lowest BCUT2D eigenvalue weighted by atomic mass is 9.94. The Bertz CT molecular complexity index is 1850. The highest BCUT2D eigenvalue weighted by Gasteiger charge is 2.35. The number of benzene rings is 4. The zero-order valence-electron chi connectivity index (χ0n) is 27.3. The maximum Gasteiger partial charge on any atom is 0.271 e. The molecule has 12 heteroatoms. The molecule has 0 spiro atoms. The highest BCUT2D eigenvalue weighted by atomic mass is 32.2. The quantitative estimate of drug-likeness (QED) is 0.129. The molecule has 2 amide bonds. The number of nitrogens with zero attached hydrogens (tertiary/aromatic N) is 3. The Morgan fingerprint density at radius 1 is 0.878 bits per heavy atom. The third kappa shape index (κ3) is 9.02. The van der Waals surface area contributed by atoms with Crippen LogP contribution in [0, 0.1) is 10.1 Å². The van der Waals surface area contributed by atoms with E-state index in [-0.39, 0.29) is 41.2 Å². The van der Waals surface area contributed by atoms with Gasteiger partial charge < -0.3 is 15.0 Å². The van der Waals surface area contributed by atoms with Crippen molar-refractivity contribution in [1.82, 2.24) is 10.2 Å². The number of hydrogen-bond donors (Lipinski definition) is 1. The molecule has 0 aromatic heterocycles. The molecular weight excluding hydrogens is 644 g/mol. The average molecular weight is 685 g/mol. The summed E-state index contributed by atoms with van der Waals surface area (Å²) in [6, 6.07) is 28.1. The number of nitro benzene ring substituents is 1. The minimum absolute atomic E-state index is 0.0280. The van der Waals surface area contributed by atoms with Crippen molar-refractivity contribution in [2.24, 2.45) is 0 Å². The first-order valence-electron chi connectivity index (χ1n) is 16.2. The average Bonchev–Trinajstić information content (AvgIpc) is 3.13. The normalized spacial score (nSPS) is 14.0. The van der Waals surface area contributed by atoms with Crippen LogP contribution in [0.25, 0.3) is 0 Å². The molecule has 49 heavy (non-hydrogen) atoms. The predicted molar refractivity (Wildman–Crippen MR) is 187 cm³/mol. The number of anilines is 1. The molecule has 11 nitrogen and oxygen atoms in total. The molecule has 0 bridgehead atoms. The summed E-state index contributed by atoms with van der Waals surface area (Å²) in [6.45, 7) is -0.746. The monoisotopic (exact) mass is 684 g/mol. The zero-order valence-corrected chi connectivity index (χ0v) is 28.1. The Kier molecular flexibility index (Phi) is 11.6. The van der Waals surface area contributed by atoms with E-state index in [9.17, 15) is 28.1 Å². The van der Waals surface area contributed by atoms with Gasteiger partial charge in [0.1, 0.15) is 18.3 Å². The first-order valence-corrected chi connectivity index (χ1v) is 17.7. The minimum Gasteiger partial charge on any atom is -0.497 e. The summed E-state index contributed by atoms with van der Waals surface area (Å²) in [6.07, 6.45) is 4.94. The van der Waals surface area contributed by atoms with Crippen molar-refractivity contribution in [2.45, 2.75) is 62.0 Å². The van der Waals surface area contributed by atoms with Gasteiger partial charge in [-0.2, -0.15) is 0 Å². The van der Waals surface area contributed by atoms with E-state index in [1.807, 2.05) is 30.3 Å². The van der Waals surface area contributed by atoms with E-state index in [4.69, 9.17) is 4.74 Å². The summed E-state index contributed by atoms with van der Waals surface area (Å²) in [5, 5.41) is 14.9. The Balaban J connectivity index is 1.59. The van der Waals surface area contributed by atoms with E-state index in [0.29, 0.717) is 11.3 Å². The van der Waals surface area contributed by atoms with E-state index in [1.54, 1.807) is 42.5 Å². The number of carbonyl (C=O) groups is 2. The summed E-state index contributed by atoms with van der Waals surface area (Å²) in [7, 11) is -2.86. The summed E-state index contributed by atoms with van der Waals surface area (Å²) in [5.74, 6) is -0.436. The molecule has 0 unspecified atom stereocenters.